The molecule has 0 spiro atoms. The van der Waals surface area contributed by atoms with E-state index in [2.05, 4.69) is 10.3 Å². The van der Waals surface area contributed by atoms with Gasteiger partial charge in [-0.05, 0) is 56.6 Å². The topological polar surface area (TPSA) is 127 Å². The number of piperidine rings is 1. The first kappa shape index (κ1) is 31.6. The number of aromatic nitrogens is 1. The molecule has 14 heteroatoms. The zero-order valence-corrected chi connectivity index (χ0v) is 26.3. The van der Waals surface area contributed by atoms with Crippen LogP contribution in [0.2, 0.25) is 5.02 Å². The summed E-state index contributed by atoms with van der Waals surface area (Å²) in [5.41, 5.74) is 1.27. The number of benzene rings is 1. The highest BCUT2D eigenvalue weighted by Gasteiger charge is 2.39. The zero-order valence-electron chi connectivity index (χ0n) is 23.9. The smallest absolute Gasteiger partial charge is 0.338 e. The second-order valence-corrected chi connectivity index (χ2v) is 14.3. The van der Waals surface area contributed by atoms with Gasteiger partial charge in [0, 0.05) is 46.9 Å². The lowest BCUT2D eigenvalue weighted by atomic mass is 9.83. The summed E-state index contributed by atoms with van der Waals surface area (Å²) in [5, 5.41) is 5.85. The number of hydrogen-bond acceptors (Lipinski definition) is 10. The highest BCUT2D eigenvalue weighted by molar-refractivity contribution is 7.89. The Morgan fingerprint density at radius 3 is 2.44 bits per heavy atom. The second kappa shape index (κ2) is 13.4. The van der Waals surface area contributed by atoms with Crippen LogP contribution < -0.4 is 5.32 Å². The van der Waals surface area contributed by atoms with Crippen LogP contribution in [-0.4, -0.2) is 68.5 Å². The molecule has 10 nitrogen and oxygen atoms in total. The van der Waals surface area contributed by atoms with Gasteiger partial charge in [0.25, 0.3) is 0 Å². The van der Waals surface area contributed by atoms with E-state index in [1.807, 2.05) is 5.38 Å². The van der Waals surface area contributed by atoms with Crippen molar-refractivity contribution >= 4 is 50.7 Å². The molecule has 0 bridgehead atoms. The monoisotopic (exact) mass is 652 g/mol. The Kier molecular flexibility index (Phi) is 9.84. The molecule has 1 aliphatic carbocycles. The highest BCUT2D eigenvalue weighted by Crippen LogP contribution is 2.40. The van der Waals surface area contributed by atoms with E-state index >= 15 is 0 Å². The molecule has 232 valence electrons. The van der Waals surface area contributed by atoms with Gasteiger partial charge in [-0.1, -0.05) is 17.7 Å². The van der Waals surface area contributed by atoms with Crippen molar-refractivity contribution in [3.63, 3.8) is 0 Å². The second-order valence-electron chi connectivity index (χ2n) is 11.0. The lowest BCUT2D eigenvalue weighted by Gasteiger charge is -2.37. The van der Waals surface area contributed by atoms with Crippen LogP contribution in [0, 0.1) is 23.6 Å². The molecule has 1 aromatic heterocycles. The Morgan fingerprint density at radius 2 is 1.84 bits per heavy atom. The molecule has 1 unspecified atom stereocenters. The van der Waals surface area contributed by atoms with Gasteiger partial charge in [-0.3, -0.25) is 9.79 Å². The molecule has 1 saturated heterocycles. The van der Waals surface area contributed by atoms with Gasteiger partial charge in [0.15, 0.2) is 10.8 Å². The minimum absolute atomic E-state index is 0.00411. The number of aliphatic imine (C=N–C) groups is 1. The molecule has 1 atom stereocenters. The van der Waals surface area contributed by atoms with Gasteiger partial charge in [0.2, 0.25) is 10.0 Å². The van der Waals surface area contributed by atoms with E-state index in [9.17, 15) is 22.4 Å². The molecule has 1 N–H and O–H groups in total. The number of thiazole rings is 1. The lowest BCUT2D eigenvalue weighted by molar-refractivity contribution is -0.146. The fourth-order valence-electron chi connectivity index (χ4n) is 6.18. The maximum atomic E-state index is 13.9. The number of sulfonamides is 1. The van der Waals surface area contributed by atoms with E-state index in [1.54, 1.807) is 6.20 Å². The van der Waals surface area contributed by atoms with Crippen LogP contribution in [0.15, 0.2) is 46.0 Å². The molecule has 1 aromatic carbocycles. The molecular formula is C29H34ClFN4O6S2. The number of carbonyl (C=O) groups is 2. The first-order valence-corrected chi connectivity index (χ1v) is 17.1. The van der Waals surface area contributed by atoms with E-state index in [4.69, 9.17) is 26.1 Å². The molecule has 1 saturated carbocycles. The number of rotatable bonds is 8. The molecule has 2 aromatic rings. The summed E-state index contributed by atoms with van der Waals surface area (Å²) >= 11 is 7.82. The first-order chi connectivity index (χ1) is 20.6. The van der Waals surface area contributed by atoms with Gasteiger partial charge in [-0.15, -0.1) is 11.3 Å². The van der Waals surface area contributed by atoms with Crippen LogP contribution in [0.4, 0.5) is 4.39 Å². The summed E-state index contributed by atoms with van der Waals surface area (Å²) in [6, 6.07) is 3.07. The molecular weight excluding hydrogens is 619 g/mol. The van der Waals surface area contributed by atoms with E-state index in [0.29, 0.717) is 60.6 Å². The lowest BCUT2D eigenvalue weighted by Crippen LogP contribution is -2.44. The third-order valence-corrected chi connectivity index (χ3v) is 11.6. The number of allylic oxidation sites excluding steroid dienone is 1. The van der Waals surface area contributed by atoms with Gasteiger partial charge in [0.05, 0.1) is 31.5 Å². The third-order valence-electron chi connectivity index (χ3n) is 8.46. The maximum absolute atomic E-state index is 13.9. The number of halogens is 2. The average Bonchev–Trinajstić information content (AvgIpc) is 3.55. The van der Waals surface area contributed by atoms with Crippen molar-refractivity contribution < 1.29 is 31.9 Å². The number of ether oxygens (including phenoxy) is 2. The van der Waals surface area contributed by atoms with Gasteiger partial charge in [0.1, 0.15) is 11.9 Å². The largest absolute Gasteiger partial charge is 0.469 e. The molecule has 0 amide bonds. The minimum Gasteiger partial charge on any atom is -0.469 e. The quantitative estimate of drug-likeness (QED) is 0.414. The maximum Gasteiger partial charge on any atom is 0.338 e. The predicted octanol–water partition coefficient (Wildman–Crippen LogP) is 4.48. The summed E-state index contributed by atoms with van der Waals surface area (Å²) in [6.45, 7) is 0.575. The molecule has 2 aliphatic heterocycles. The average molecular weight is 653 g/mol. The number of carbonyl (C=O) groups excluding carboxylic acids is 2. The predicted molar refractivity (Wildman–Crippen MR) is 161 cm³/mol. The fourth-order valence-corrected chi connectivity index (χ4v) is 8.94. The Hall–Kier alpha value is -2.87. The normalized spacial score (nSPS) is 23.8. The summed E-state index contributed by atoms with van der Waals surface area (Å²) in [5.74, 6) is -1.22. The number of nitrogens with zero attached hydrogens (tertiary/aromatic N) is 3. The van der Waals surface area contributed by atoms with Crippen molar-refractivity contribution in [2.75, 3.05) is 33.1 Å². The molecule has 3 heterocycles. The summed E-state index contributed by atoms with van der Waals surface area (Å²) in [4.78, 5) is 34.2. The van der Waals surface area contributed by atoms with Gasteiger partial charge in [-0.2, -0.15) is 0 Å². The highest BCUT2D eigenvalue weighted by atomic mass is 35.5. The van der Waals surface area contributed by atoms with E-state index in [-0.39, 0.29) is 53.2 Å². The zero-order chi connectivity index (χ0) is 30.7. The van der Waals surface area contributed by atoms with Gasteiger partial charge in [-0.25, -0.2) is 26.9 Å². The summed E-state index contributed by atoms with van der Waals surface area (Å²) in [7, 11) is -0.863. The van der Waals surface area contributed by atoms with Gasteiger partial charge < -0.3 is 14.8 Å². The van der Waals surface area contributed by atoms with E-state index < -0.39 is 27.9 Å². The summed E-state index contributed by atoms with van der Waals surface area (Å²) < 4.78 is 52.3. The Bertz CT molecular complexity index is 1520. The van der Waals surface area contributed by atoms with Crippen LogP contribution in [0.5, 0.6) is 0 Å². The molecule has 2 fully saturated rings. The molecule has 5 rings (SSSR count). The van der Waals surface area contributed by atoms with Crippen molar-refractivity contribution in [3.05, 3.63) is 62.5 Å². The summed E-state index contributed by atoms with van der Waals surface area (Å²) in [6.07, 6.45) is 5.18. The third kappa shape index (κ3) is 6.95. The van der Waals surface area contributed by atoms with E-state index in [1.165, 1.54) is 48.1 Å². The SMILES string of the molecule is COC(=O)C1=C(C2CCN(S(=O)(=O)C[C@H]3CC[C@H](C(=O)OC)CC3)CC2)NC(c2nccs2)=NC1c1ccc(F)cc1Cl. The van der Waals surface area contributed by atoms with Crippen molar-refractivity contribution in [1.82, 2.24) is 14.6 Å². The van der Waals surface area contributed by atoms with Crippen LogP contribution in [0.25, 0.3) is 0 Å². The van der Waals surface area contributed by atoms with Crippen molar-refractivity contribution in [1.29, 1.82) is 0 Å². The fraction of sp³-hybridized carbons (Fsp3) is 0.517. The Labute approximate surface area is 259 Å². The first-order valence-electron chi connectivity index (χ1n) is 14.2. The Morgan fingerprint density at radius 1 is 1.12 bits per heavy atom. The van der Waals surface area contributed by atoms with E-state index in [0.717, 1.165) is 0 Å². The number of esters is 2. The van der Waals surface area contributed by atoms with Crippen LogP contribution >= 0.6 is 22.9 Å². The minimum atomic E-state index is -3.52. The Balaban J connectivity index is 1.36. The number of amidine groups is 1. The number of nitrogens with one attached hydrogen (secondary N) is 1. The standard InChI is InChI=1S/C29H34ClFN4O6S2/c1-40-28(36)19-5-3-17(4-6-19)16-43(38,39)35-12-9-18(10-13-35)24-23(29(37)41-2)25(21-8-7-20(31)15-22(21)30)34-26(33-24)27-32-11-14-42-27/h7-8,11,14-15,17-19,25H,3-6,9-10,12-13,16H2,1-2H3,(H,33,34)/t17-,19-,25?. The molecule has 0 radical (unpaired) electrons. The number of methoxy groups -OCH3 is 2. The molecule has 43 heavy (non-hydrogen) atoms. The van der Waals surface area contributed by atoms with Crippen molar-refractivity contribution in [3.8, 4) is 0 Å². The van der Waals surface area contributed by atoms with Crippen molar-refractivity contribution in [2.45, 2.75) is 44.6 Å². The number of hydrogen-bond donors (Lipinski definition) is 1. The van der Waals surface area contributed by atoms with Crippen LogP contribution in [-0.2, 0) is 29.1 Å². The van der Waals surface area contributed by atoms with Crippen LogP contribution in [0.3, 0.4) is 0 Å². The van der Waals surface area contributed by atoms with Gasteiger partial charge >= 0.3 is 11.9 Å². The van der Waals surface area contributed by atoms with Crippen molar-refractivity contribution in [2.24, 2.45) is 22.7 Å². The van der Waals surface area contributed by atoms with Crippen LogP contribution in [0.1, 0.15) is 55.1 Å². The molecule has 3 aliphatic rings.